The zero-order chi connectivity index (χ0) is 10.5. The van der Waals surface area contributed by atoms with Gasteiger partial charge in [0.05, 0.1) is 0 Å². The van der Waals surface area contributed by atoms with Crippen molar-refractivity contribution in [1.82, 2.24) is 0 Å². The molecule has 0 bridgehead atoms. The number of carbonyl (C=O) groups is 1. The fourth-order valence-electron chi connectivity index (χ4n) is 3.11. The molecule has 0 radical (unpaired) electrons. The minimum Gasteiger partial charge on any atom is -0.462 e. The number of ether oxygens (including phenoxy) is 1. The van der Waals surface area contributed by atoms with Crippen LogP contribution in [0.1, 0.15) is 33.6 Å². The van der Waals surface area contributed by atoms with Crippen molar-refractivity contribution >= 4 is 5.97 Å². The Labute approximate surface area is 85.3 Å². The van der Waals surface area contributed by atoms with Crippen molar-refractivity contribution in [3.8, 4) is 0 Å². The van der Waals surface area contributed by atoms with E-state index in [0.29, 0.717) is 11.8 Å². The van der Waals surface area contributed by atoms with Gasteiger partial charge in [0, 0.05) is 18.8 Å². The summed E-state index contributed by atoms with van der Waals surface area (Å²) >= 11 is 0. The largest absolute Gasteiger partial charge is 0.462 e. The Morgan fingerprint density at radius 2 is 2.29 bits per heavy atom. The first kappa shape index (κ1) is 9.75. The van der Waals surface area contributed by atoms with E-state index in [1.54, 1.807) is 0 Å². The lowest BCUT2D eigenvalue weighted by Crippen LogP contribution is -2.29. The maximum Gasteiger partial charge on any atom is 0.302 e. The molecule has 0 aromatic heterocycles. The molecule has 3 unspecified atom stereocenters. The van der Waals surface area contributed by atoms with Crippen molar-refractivity contribution in [2.45, 2.75) is 39.7 Å². The van der Waals surface area contributed by atoms with E-state index >= 15 is 0 Å². The summed E-state index contributed by atoms with van der Waals surface area (Å²) in [5.41, 5.74) is 1.52. The third-order valence-electron chi connectivity index (χ3n) is 3.97. The van der Waals surface area contributed by atoms with Crippen LogP contribution in [-0.2, 0) is 9.53 Å². The van der Waals surface area contributed by atoms with Crippen molar-refractivity contribution in [3.63, 3.8) is 0 Å². The van der Waals surface area contributed by atoms with Crippen LogP contribution in [0.15, 0.2) is 12.2 Å². The maximum atomic E-state index is 11.0. The molecule has 0 aromatic rings. The van der Waals surface area contributed by atoms with Gasteiger partial charge in [0.2, 0.25) is 0 Å². The lowest BCUT2D eigenvalue weighted by Gasteiger charge is -2.26. The Bertz CT molecular complexity index is 293. The number of hydrogen-bond donors (Lipinski definition) is 0. The van der Waals surface area contributed by atoms with Gasteiger partial charge in [-0.15, -0.1) is 0 Å². The summed E-state index contributed by atoms with van der Waals surface area (Å²) in [6.45, 7) is 10.00. The molecule has 78 valence electrons. The van der Waals surface area contributed by atoms with Gasteiger partial charge in [0.1, 0.15) is 6.10 Å². The number of esters is 1. The van der Waals surface area contributed by atoms with Gasteiger partial charge < -0.3 is 4.74 Å². The van der Waals surface area contributed by atoms with Crippen LogP contribution in [0.25, 0.3) is 0 Å². The quantitative estimate of drug-likeness (QED) is 0.499. The molecule has 2 nitrogen and oxygen atoms in total. The molecule has 14 heavy (non-hydrogen) atoms. The van der Waals surface area contributed by atoms with Gasteiger partial charge in [-0.3, -0.25) is 4.79 Å². The van der Waals surface area contributed by atoms with E-state index in [1.165, 1.54) is 18.9 Å². The molecule has 2 fully saturated rings. The summed E-state index contributed by atoms with van der Waals surface area (Å²) in [6, 6.07) is 0. The lowest BCUT2D eigenvalue weighted by atomic mass is 9.87. The van der Waals surface area contributed by atoms with Crippen LogP contribution in [0.3, 0.4) is 0 Å². The molecule has 2 aliphatic rings. The van der Waals surface area contributed by atoms with Gasteiger partial charge in [0.15, 0.2) is 0 Å². The average molecular weight is 194 g/mol. The van der Waals surface area contributed by atoms with Crippen LogP contribution < -0.4 is 0 Å². The predicted molar refractivity (Wildman–Crippen MR) is 54.7 cm³/mol. The van der Waals surface area contributed by atoms with Crippen molar-refractivity contribution in [2.75, 3.05) is 0 Å². The van der Waals surface area contributed by atoms with Crippen molar-refractivity contribution in [3.05, 3.63) is 12.2 Å². The minimum atomic E-state index is -0.157. The van der Waals surface area contributed by atoms with Gasteiger partial charge in [-0.05, 0) is 18.3 Å². The molecule has 0 heterocycles. The van der Waals surface area contributed by atoms with E-state index < -0.39 is 0 Å². The molecule has 2 heteroatoms. The van der Waals surface area contributed by atoms with Gasteiger partial charge in [-0.25, -0.2) is 0 Å². The second-order valence-corrected chi connectivity index (χ2v) is 4.98. The Kier molecular flexibility index (Phi) is 1.98. The van der Waals surface area contributed by atoms with Crippen LogP contribution in [0.5, 0.6) is 0 Å². The Morgan fingerprint density at radius 1 is 1.64 bits per heavy atom. The van der Waals surface area contributed by atoms with Crippen molar-refractivity contribution in [1.29, 1.82) is 0 Å². The van der Waals surface area contributed by atoms with E-state index in [-0.39, 0.29) is 17.5 Å². The first-order valence-corrected chi connectivity index (χ1v) is 5.33. The van der Waals surface area contributed by atoms with Crippen molar-refractivity contribution < 1.29 is 9.53 Å². The highest BCUT2D eigenvalue weighted by atomic mass is 16.5. The Hall–Kier alpha value is -0.790. The number of carbonyl (C=O) groups excluding carboxylic acids is 1. The minimum absolute atomic E-state index is 0.0949. The summed E-state index contributed by atoms with van der Waals surface area (Å²) in [7, 11) is 0. The summed E-state index contributed by atoms with van der Waals surface area (Å²) in [6.07, 6.45) is 2.14. The second-order valence-electron chi connectivity index (χ2n) is 4.98. The number of hydrogen-bond acceptors (Lipinski definition) is 2. The number of fused-ring (bicyclic) bond motifs is 1. The lowest BCUT2D eigenvalue weighted by molar-refractivity contribution is -0.150. The first-order chi connectivity index (χ1) is 6.48. The highest BCUT2D eigenvalue weighted by Crippen LogP contribution is 2.69. The highest BCUT2D eigenvalue weighted by Gasteiger charge is 2.67. The van der Waals surface area contributed by atoms with E-state index in [0.717, 1.165) is 6.42 Å². The molecule has 0 amide bonds. The summed E-state index contributed by atoms with van der Waals surface area (Å²) in [4.78, 5) is 11.0. The standard InChI is InChI=1S/C12H18O2/c1-7(2)12-6-10(12)8(3)5-11(12)14-9(4)13/h7,10-11H,3,5-6H2,1-2,4H3. The fraction of sp³-hybridized carbons (Fsp3) is 0.750. The monoisotopic (exact) mass is 194 g/mol. The molecule has 3 atom stereocenters. The van der Waals surface area contributed by atoms with Gasteiger partial charge in [0.25, 0.3) is 0 Å². The zero-order valence-electron chi connectivity index (χ0n) is 9.17. The molecule has 2 saturated carbocycles. The van der Waals surface area contributed by atoms with Gasteiger partial charge >= 0.3 is 5.97 Å². The highest BCUT2D eigenvalue weighted by molar-refractivity contribution is 5.66. The number of rotatable bonds is 2. The molecule has 0 aliphatic heterocycles. The van der Waals surface area contributed by atoms with Gasteiger partial charge in [-0.1, -0.05) is 26.0 Å². The van der Waals surface area contributed by atoms with E-state index in [4.69, 9.17) is 4.74 Å². The fourth-order valence-corrected chi connectivity index (χ4v) is 3.11. The Balaban J connectivity index is 2.17. The SMILES string of the molecule is C=C1CC(OC(C)=O)C2(C(C)C)CC12. The van der Waals surface area contributed by atoms with Crippen LogP contribution >= 0.6 is 0 Å². The second kappa shape index (κ2) is 2.85. The molecule has 0 saturated heterocycles. The smallest absolute Gasteiger partial charge is 0.302 e. The third kappa shape index (κ3) is 1.13. The van der Waals surface area contributed by atoms with Gasteiger partial charge in [-0.2, -0.15) is 0 Å². The maximum absolute atomic E-state index is 11.0. The van der Waals surface area contributed by atoms with E-state index in [1.807, 2.05) is 0 Å². The molecule has 2 rings (SSSR count). The molecule has 2 aliphatic carbocycles. The summed E-state index contributed by atoms with van der Waals surface area (Å²) in [5.74, 6) is 1.04. The van der Waals surface area contributed by atoms with Crippen molar-refractivity contribution in [2.24, 2.45) is 17.3 Å². The molecule has 0 N–H and O–H groups in total. The normalized spacial score (nSPS) is 39.9. The van der Waals surface area contributed by atoms with Crippen LogP contribution in [0.4, 0.5) is 0 Å². The topological polar surface area (TPSA) is 26.3 Å². The molecule has 0 aromatic carbocycles. The zero-order valence-corrected chi connectivity index (χ0v) is 9.17. The molecule has 0 spiro atoms. The predicted octanol–water partition coefficient (Wildman–Crippen LogP) is 2.54. The average Bonchev–Trinajstić information content (AvgIpc) is 2.71. The first-order valence-electron chi connectivity index (χ1n) is 5.33. The molecular formula is C12H18O2. The van der Waals surface area contributed by atoms with Crippen LogP contribution in [0.2, 0.25) is 0 Å². The van der Waals surface area contributed by atoms with Crippen LogP contribution in [0, 0.1) is 17.3 Å². The Morgan fingerprint density at radius 3 is 2.71 bits per heavy atom. The third-order valence-corrected chi connectivity index (χ3v) is 3.97. The van der Waals surface area contributed by atoms with E-state index in [9.17, 15) is 4.79 Å². The molecular weight excluding hydrogens is 176 g/mol. The van der Waals surface area contributed by atoms with E-state index in [2.05, 4.69) is 20.4 Å². The van der Waals surface area contributed by atoms with Crippen LogP contribution in [-0.4, -0.2) is 12.1 Å². The summed E-state index contributed by atoms with van der Waals surface area (Å²) in [5, 5.41) is 0. The summed E-state index contributed by atoms with van der Waals surface area (Å²) < 4.78 is 5.40.